The van der Waals surface area contributed by atoms with E-state index >= 15 is 0 Å². The molecule has 0 aliphatic rings. The largest absolute Gasteiger partial charge is 0.493 e. The van der Waals surface area contributed by atoms with E-state index in [2.05, 4.69) is 0 Å². The number of hydrogen-bond acceptors (Lipinski definition) is 4. The highest BCUT2D eigenvalue weighted by molar-refractivity contribution is 5.97. The molecule has 5 heteroatoms. The molecule has 16 heavy (non-hydrogen) atoms. The molecule has 1 aromatic rings. The summed E-state index contributed by atoms with van der Waals surface area (Å²) in [5.41, 5.74) is 0.150. The highest BCUT2D eigenvalue weighted by atomic mass is 16.6. The minimum atomic E-state index is -0.532. The van der Waals surface area contributed by atoms with Crippen molar-refractivity contribution >= 4 is 11.5 Å². The Morgan fingerprint density at radius 2 is 2.19 bits per heavy atom. The fourth-order valence-electron chi connectivity index (χ4n) is 1.24. The van der Waals surface area contributed by atoms with Crippen molar-refractivity contribution in [2.45, 2.75) is 20.3 Å². The maximum atomic E-state index is 11.3. The van der Waals surface area contributed by atoms with Gasteiger partial charge in [-0.3, -0.25) is 14.9 Å². The highest BCUT2D eigenvalue weighted by Gasteiger charge is 2.14. The summed E-state index contributed by atoms with van der Waals surface area (Å²) in [6, 6.07) is 4.04. The molecule has 0 aliphatic carbocycles. The number of Topliss-reactive ketones (excluding diaryl/α,β-unsaturated/α-hetero) is 1. The summed E-state index contributed by atoms with van der Waals surface area (Å²) < 4.78 is 5.34. The van der Waals surface area contributed by atoms with Gasteiger partial charge >= 0.3 is 0 Å². The van der Waals surface area contributed by atoms with E-state index in [1.807, 2.05) is 6.92 Å². The normalized spacial score (nSPS) is 9.88. The third-order valence-corrected chi connectivity index (χ3v) is 2.01. The minimum absolute atomic E-state index is 0.103. The fraction of sp³-hybridized carbons (Fsp3) is 0.364. The number of nitrogens with zero attached hydrogens (tertiary/aromatic N) is 1. The molecule has 0 unspecified atom stereocenters. The van der Waals surface area contributed by atoms with Crippen LogP contribution in [-0.4, -0.2) is 17.3 Å². The SMILES string of the molecule is CCCOc1ccc([N+](=O)[O-])cc1C(C)=O. The smallest absolute Gasteiger partial charge is 0.270 e. The Bertz CT molecular complexity index is 414. The van der Waals surface area contributed by atoms with Gasteiger partial charge in [0, 0.05) is 12.1 Å². The Morgan fingerprint density at radius 1 is 1.50 bits per heavy atom. The maximum Gasteiger partial charge on any atom is 0.270 e. The number of ether oxygens (including phenoxy) is 1. The van der Waals surface area contributed by atoms with Gasteiger partial charge in [0.2, 0.25) is 0 Å². The number of hydrogen-bond donors (Lipinski definition) is 0. The molecular weight excluding hydrogens is 210 g/mol. The minimum Gasteiger partial charge on any atom is -0.493 e. The van der Waals surface area contributed by atoms with E-state index in [0.29, 0.717) is 12.4 Å². The Kier molecular flexibility index (Phi) is 3.99. The molecule has 0 spiro atoms. The van der Waals surface area contributed by atoms with Gasteiger partial charge in [-0.05, 0) is 19.4 Å². The molecule has 86 valence electrons. The van der Waals surface area contributed by atoms with Gasteiger partial charge in [-0.25, -0.2) is 0 Å². The van der Waals surface area contributed by atoms with E-state index in [0.717, 1.165) is 6.42 Å². The van der Waals surface area contributed by atoms with Crippen molar-refractivity contribution in [3.8, 4) is 5.75 Å². The lowest BCUT2D eigenvalue weighted by Gasteiger charge is -2.08. The van der Waals surface area contributed by atoms with Gasteiger partial charge in [-0.1, -0.05) is 6.92 Å². The van der Waals surface area contributed by atoms with E-state index in [1.54, 1.807) is 0 Å². The molecule has 0 atom stereocenters. The van der Waals surface area contributed by atoms with Crippen molar-refractivity contribution in [3.63, 3.8) is 0 Å². The molecule has 0 N–H and O–H groups in total. The van der Waals surface area contributed by atoms with Gasteiger partial charge < -0.3 is 4.74 Å². The Hall–Kier alpha value is -1.91. The average molecular weight is 223 g/mol. The Morgan fingerprint density at radius 3 is 2.69 bits per heavy atom. The van der Waals surface area contributed by atoms with Crippen LogP contribution >= 0.6 is 0 Å². The van der Waals surface area contributed by atoms with Gasteiger partial charge in [0.25, 0.3) is 5.69 Å². The Labute approximate surface area is 93.2 Å². The summed E-state index contributed by atoms with van der Waals surface area (Å²) in [4.78, 5) is 21.3. The molecule has 1 aromatic carbocycles. The molecule has 0 saturated carbocycles. The lowest BCUT2D eigenvalue weighted by Crippen LogP contribution is -2.03. The molecule has 0 amide bonds. The maximum absolute atomic E-state index is 11.3. The first kappa shape index (κ1) is 12.2. The van der Waals surface area contributed by atoms with Crippen LogP contribution < -0.4 is 4.74 Å². The van der Waals surface area contributed by atoms with Crippen LogP contribution in [0.15, 0.2) is 18.2 Å². The van der Waals surface area contributed by atoms with Crippen molar-refractivity contribution in [2.24, 2.45) is 0 Å². The predicted octanol–water partition coefficient (Wildman–Crippen LogP) is 2.59. The summed E-state index contributed by atoms with van der Waals surface area (Å²) in [5, 5.41) is 10.6. The van der Waals surface area contributed by atoms with Crippen molar-refractivity contribution in [3.05, 3.63) is 33.9 Å². The molecule has 0 saturated heterocycles. The second-order valence-corrected chi connectivity index (χ2v) is 3.34. The first-order valence-corrected chi connectivity index (χ1v) is 4.98. The Balaban J connectivity index is 3.09. The summed E-state index contributed by atoms with van der Waals surface area (Å²) in [7, 11) is 0. The standard InChI is InChI=1S/C11H13NO4/c1-3-6-16-11-5-4-9(12(14)15)7-10(11)8(2)13/h4-5,7H,3,6H2,1-2H3. The zero-order valence-corrected chi connectivity index (χ0v) is 9.23. The molecular formula is C11H13NO4. The van der Waals surface area contributed by atoms with Crippen molar-refractivity contribution in [1.82, 2.24) is 0 Å². The molecule has 0 aromatic heterocycles. The number of benzene rings is 1. The number of ketones is 1. The fourth-order valence-corrected chi connectivity index (χ4v) is 1.24. The quantitative estimate of drug-likeness (QED) is 0.437. The first-order valence-electron chi connectivity index (χ1n) is 4.98. The van der Waals surface area contributed by atoms with Crippen LogP contribution in [0.5, 0.6) is 5.75 Å². The molecule has 5 nitrogen and oxygen atoms in total. The molecule has 1 rings (SSSR count). The zero-order chi connectivity index (χ0) is 12.1. The van der Waals surface area contributed by atoms with Gasteiger partial charge in [0.1, 0.15) is 5.75 Å². The summed E-state index contributed by atoms with van der Waals surface area (Å²) in [6.45, 7) is 3.79. The highest BCUT2D eigenvalue weighted by Crippen LogP contribution is 2.24. The van der Waals surface area contributed by atoms with Crippen LogP contribution in [0.2, 0.25) is 0 Å². The van der Waals surface area contributed by atoms with Gasteiger partial charge in [-0.15, -0.1) is 0 Å². The molecule has 0 heterocycles. The lowest BCUT2D eigenvalue weighted by atomic mass is 10.1. The van der Waals surface area contributed by atoms with Crippen molar-refractivity contribution in [1.29, 1.82) is 0 Å². The second-order valence-electron chi connectivity index (χ2n) is 3.34. The van der Waals surface area contributed by atoms with Gasteiger partial charge in [-0.2, -0.15) is 0 Å². The average Bonchev–Trinajstić information content (AvgIpc) is 2.25. The topological polar surface area (TPSA) is 69.4 Å². The number of nitro benzene ring substituents is 1. The number of carbonyl (C=O) groups is 1. The van der Waals surface area contributed by atoms with Crippen LogP contribution in [-0.2, 0) is 0 Å². The molecule has 0 fully saturated rings. The summed E-state index contributed by atoms with van der Waals surface area (Å²) in [6.07, 6.45) is 0.814. The van der Waals surface area contributed by atoms with E-state index in [1.165, 1.54) is 25.1 Å². The van der Waals surface area contributed by atoms with E-state index in [-0.39, 0.29) is 17.0 Å². The van der Waals surface area contributed by atoms with Gasteiger partial charge in [0.15, 0.2) is 5.78 Å². The monoisotopic (exact) mass is 223 g/mol. The summed E-state index contributed by atoms with van der Waals surface area (Å²) in [5.74, 6) is 0.162. The molecule has 0 radical (unpaired) electrons. The third-order valence-electron chi connectivity index (χ3n) is 2.01. The zero-order valence-electron chi connectivity index (χ0n) is 9.23. The van der Waals surface area contributed by atoms with Crippen LogP contribution in [0.3, 0.4) is 0 Å². The number of rotatable bonds is 5. The van der Waals surface area contributed by atoms with Crippen LogP contribution in [0.25, 0.3) is 0 Å². The number of carbonyl (C=O) groups excluding carboxylic acids is 1. The first-order chi connectivity index (χ1) is 7.56. The van der Waals surface area contributed by atoms with E-state index < -0.39 is 4.92 Å². The molecule has 0 aliphatic heterocycles. The van der Waals surface area contributed by atoms with Crippen molar-refractivity contribution < 1.29 is 14.5 Å². The van der Waals surface area contributed by atoms with Crippen LogP contribution in [0.1, 0.15) is 30.6 Å². The second kappa shape index (κ2) is 5.25. The molecule has 0 bridgehead atoms. The third kappa shape index (κ3) is 2.79. The summed E-state index contributed by atoms with van der Waals surface area (Å²) >= 11 is 0. The number of non-ortho nitro benzene ring substituents is 1. The van der Waals surface area contributed by atoms with Gasteiger partial charge in [0.05, 0.1) is 17.1 Å². The van der Waals surface area contributed by atoms with E-state index in [4.69, 9.17) is 4.74 Å². The van der Waals surface area contributed by atoms with Crippen molar-refractivity contribution in [2.75, 3.05) is 6.61 Å². The van der Waals surface area contributed by atoms with E-state index in [9.17, 15) is 14.9 Å². The van der Waals surface area contributed by atoms with Crippen LogP contribution in [0.4, 0.5) is 5.69 Å². The van der Waals surface area contributed by atoms with Crippen LogP contribution in [0, 0.1) is 10.1 Å². The lowest BCUT2D eigenvalue weighted by molar-refractivity contribution is -0.384. The predicted molar refractivity (Wildman–Crippen MR) is 58.9 cm³/mol. The number of nitro groups is 1.